The molecule has 0 saturated carbocycles. The highest BCUT2D eigenvalue weighted by molar-refractivity contribution is 5.82. The number of nitrogens with one attached hydrogen (secondary N) is 2. The van der Waals surface area contributed by atoms with Crippen molar-refractivity contribution >= 4 is 5.91 Å². The molecular formula is C12H23N3O2. The van der Waals surface area contributed by atoms with E-state index < -0.39 is 0 Å². The van der Waals surface area contributed by atoms with Gasteiger partial charge < -0.3 is 20.6 Å². The van der Waals surface area contributed by atoms with Gasteiger partial charge >= 0.3 is 0 Å². The molecule has 3 unspecified atom stereocenters. The van der Waals surface area contributed by atoms with E-state index in [9.17, 15) is 9.90 Å². The van der Waals surface area contributed by atoms with Crippen molar-refractivity contribution in [3.8, 4) is 0 Å². The molecule has 0 aromatic rings. The quantitative estimate of drug-likeness (QED) is 0.609. The molecular weight excluding hydrogens is 218 g/mol. The first kappa shape index (κ1) is 12.8. The van der Waals surface area contributed by atoms with Crippen LogP contribution < -0.4 is 10.6 Å². The molecule has 2 aliphatic rings. The summed E-state index contributed by atoms with van der Waals surface area (Å²) in [7, 11) is 0. The first-order chi connectivity index (χ1) is 8.15. The number of carbonyl (C=O) groups is 1. The molecule has 5 heteroatoms. The number of likely N-dealkylation sites (tertiary alicyclic amines) is 1. The van der Waals surface area contributed by atoms with E-state index in [2.05, 4.69) is 15.5 Å². The Hall–Kier alpha value is -0.650. The van der Waals surface area contributed by atoms with E-state index in [1.807, 2.05) is 6.92 Å². The molecule has 17 heavy (non-hydrogen) atoms. The predicted molar refractivity (Wildman–Crippen MR) is 65.7 cm³/mol. The fourth-order valence-corrected chi connectivity index (χ4v) is 2.66. The minimum Gasteiger partial charge on any atom is -0.392 e. The van der Waals surface area contributed by atoms with Crippen molar-refractivity contribution in [1.82, 2.24) is 15.5 Å². The van der Waals surface area contributed by atoms with E-state index in [-0.39, 0.29) is 24.1 Å². The summed E-state index contributed by atoms with van der Waals surface area (Å²) in [5, 5.41) is 15.4. The second kappa shape index (κ2) is 5.80. The van der Waals surface area contributed by atoms with Crippen molar-refractivity contribution in [3.63, 3.8) is 0 Å². The number of aliphatic hydroxyl groups excluding tert-OH is 1. The van der Waals surface area contributed by atoms with Crippen LogP contribution in [0.4, 0.5) is 0 Å². The van der Waals surface area contributed by atoms with Gasteiger partial charge in [0.2, 0.25) is 5.91 Å². The topological polar surface area (TPSA) is 64.6 Å². The van der Waals surface area contributed by atoms with Crippen LogP contribution in [0.5, 0.6) is 0 Å². The number of amides is 1. The maximum absolute atomic E-state index is 11.9. The van der Waals surface area contributed by atoms with Crippen molar-refractivity contribution in [2.75, 3.05) is 26.2 Å². The zero-order chi connectivity index (χ0) is 12.3. The number of hydrogen-bond donors (Lipinski definition) is 3. The van der Waals surface area contributed by atoms with Crippen LogP contribution in [0.1, 0.15) is 26.2 Å². The van der Waals surface area contributed by atoms with Gasteiger partial charge in [-0.3, -0.25) is 4.79 Å². The second-order valence-corrected chi connectivity index (χ2v) is 5.27. The molecule has 0 spiro atoms. The number of hydrogen-bond acceptors (Lipinski definition) is 4. The third-order valence-corrected chi connectivity index (χ3v) is 3.54. The Bertz CT molecular complexity index is 266. The van der Waals surface area contributed by atoms with E-state index in [1.54, 1.807) is 0 Å². The van der Waals surface area contributed by atoms with E-state index >= 15 is 0 Å². The van der Waals surface area contributed by atoms with Gasteiger partial charge in [-0.25, -0.2) is 0 Å². The minimum absolute atomic E-state index is 0.0215. The van der Waals surface area contributed by atoms with Gasteiger partial charge in [0.15, 0.2) is 0 Å². The molecule has 0 bridgehead atoms. The van der Waals surface area contributed by atoms with Crippen molar-refractivity contribution in [3.05, 3.63) is 0 Å². The van der Waals surface area contributed by atoms with Gasteiger partial charge in [0.25, 0.3) is 0 Å². The summed E-state index contributed by atoms with van der Waals surface area (Å²) in [5.74, 6) is 0.0215. The zero-order valence-corrected chi connectivity index (χ0v) is 10.5. The van der Waals surface area contributed by atoms with Gasteiger partial charge in [-0.15, -0.1) is 0 Å². The van der Waals surface area contributed by atoms with Gasteiger partial charge in [-0.2, -0.15) is 0 Å². The number of carbonyl (C=O) groups excluding carboxylic acids is 1. The molecule has 0 radical (unpaired) electrons. The van der Waals surface area contributed by atoms with Crippen LogP contribution in [0.3, 0.4) is 0 Å². The molecule has 2 fully saturated rings. The van der Waals surface area contributed by atoms with E-state index in [4.69, 9.17) is 0 Å². The molecule has 0 aromatic carbocycles. The molecule has 0 aliphatic carbocycles. The molecule has 2 saturated heterocycles. The smallest absolute Gasteiger partial charge is 0.237 e. The summed E-state index contributed by atoms with van der Waals surface area (Å²) in [6, 6.07) is -0.0360. The Kier molecular flexibility index (Phi) is 4.36. The Balaban J connectivity index is 1.70. The summed E-state index contributed by atoms with van der Waals surface area (Å²) < 4.78 is 0. The molecule has 2 aliphatic heterocycles. The minimum atomic E-state index is -0.375. The Morgan fingerprint density at radius 3 is 2.82 bits per heavy atom. The van der Waals surface area contributed by atoms with Gasteiger partial charge in [-0.05, 0) is 39.3 Å². The maximum Gasteiger partial charge on any atom is 0.237 e. The summed E-state index contributed by atoms with van der Waals surface area (Å²) in [6.07, 6.45) is 2.70. The SMILES string of the molecule is CC(CN1CCCC1)NC(=O)C1CC(O)CN1. The van der Waals surface area contributed by atoms with E-state index in [1.165, 1.54) is 12.8 Å². The lowest BCUT2D eigenvalue weighted by Gasteiger charge is -2.22. The van der Waals surface area contributed by atoms with Gasteiger partial charge in [0, 0.05) is 19.1 Å². The fourth-order valence-electron chi connectivity index (χ4n) is 2.66. The van der Waals surface area contributed by atoms with Crippen LogP contribution >= 0.6 is 0 Å². The monoisotopic (exact) mass is 241 g/mol. The molecule has 98 valence electrons. The highest BCUT2D eigenvalue weighted by Gasteiger charge is 2.28. The van der Waals surface area contributed by atoms with Crippen LogP contribution in [0.2, 0.25) is 0 Å². The lowest BCUT2D eigenvalue weighted by Crippen LogP contribution is -2.47. The first-order valence-electron chi connectivity index (χ1n) is 6.59. The molecule has 2 heterocycles. The number of aliphatic hydroxyl groups is 1. The molecule has 5 nitrogen and oxygen atoms in total. The third kappa shape index (κ3) is 3.66. The Morgan fingerprint density at radius 2 is 2.24 bits per heavy atom. The predicted octanol–water partition coefficient (Wildman–Crippen LogP) is -0.690. The number of β-amino-alcohol motifs (C(OH)–C–C–N with tert-alkyl or cyclic N) is 1. The molecule has 1 amide bonds. The average molecular weight is 241 g/mol. The largest absolute Gasteiger partial charge is 0.392 e. The highest BCUT2D eigenvalue weighted by Crippen LogP contribution is 2.09. The lowest BCUT2D eigenvalue weighted by atomic mass is 10.2. The third-order valence-electron chi connectivity index (χ3n) is 3.54. The maximum atomic E-state index is 11.9. The summed E-state index contributed by atoms with van der Waals surface area (Å²) in [4.78, 5) is 14.3. The molecule has 0 aromatic heterocycles. The first-order valence-corrected chi connectivity index (χ1v) is 6.59. The summed E-state index contributed by atoms with van der Waals surface area (Å²) in [6.45, 7) is 5.81. The number of nitrogens with zero attached hydrogens (tertiary/aromatic N) is 1. The van der Waals surface area contributed by atoms with Gasteiger partial charge in [0.05, 0.1) is 12.1 Å². The molecule has 3 N–H and O–H groups in total. The zero-order valence-electron chi connectivity index (χ0n) is 10.5. The van der Waals surface area contributed by atoms with Crippen LogP contribution in [0.25, 0.3) is 0 Å². The fraction of sp³-hybridized carbons (Fsp3) is 0.917. The number of rotatable bonds is 4. The van der Waals surface area contributed by atoms with Crippen molar-refractivity contribution < 1.29 is 9.90 Å². The van der Waals surface area contributed by atoms with Gasteiger partial charge in [0.1, 0.15) is 0 Å². The average Bonchev–Trinajstić information content (AvgIpc) is 2.89. The van der Waals surface area contributed by atoms with Crippen molar-refractivity contribution in [2.45, 2.75) is 44.4 Å². The van der Waals surface area contributed by atoms with Crippen molar-refractivity contribution in [2.24, 2.45) is 0 Å². The van der Waals surface area contributed by atoms with Crippen molar-refractivity contribution in [1.29, 1.82) is 0 Å². The van der Waals surface area contributed by atoms with Crippen LogP contribution in [-0.4, -0.2) is 60.3 Å². The molecule has 2 rings (SSSR count). The van der Waals surface area contributed by atoms with E-state index in [0.717, 1.165) is 19.6 Å². The highest BCUT2D eigenvalue weighted by atomic mass is 16.3. The summed E-state index contributed by atoms with van der Waals surface area (Å²) in [5.41, 5.74) is 0. The molecule has 3 atom stereocenters. The lowest BCUT2D eigenvalue weighted by molar-refractivity contribution is -0.123. The standard InChI is InChI=1S/C12H23N3O2/c1-9(8-15-4-2-3-5-15)14-12(17)11-6-10(16)7-13-11/h9-11,13,16H,2-8H2,1H3,(H,14,17). The van der Waals surface area contributed by atoms with Gasteiger partial charge in [-0.1, -0.05) is 0 Å². The Morgan fingerprint density at radius 1 is 1.53 bits per heavy atom. The normalized spacial score (nSPS) is 31.6. The summed E-state index contributed by atoms with van der Waals surface area (Å²) >= 11 is 0. The second-order valence-electron chi connectivity index (χ2n) is 5.27. The Labute approximate surface area is 103 Å². The van der Waals surface area contributed by atoms with Crippen LogP contribution in [0, 0.1) is 0 Å². The van der Waals surface area contributed by atoms with Crippen LogP contribution in [0.15, 0.2) is 0 Å². The van der Waals surface area contributed by atoms with Crippen LogP contribution in [-0.2, 0) is 4.79 Å². The van der Waals surface area contributed by atoms with E-state index in [0.29, 0.717) is 13.0 Å².